The summed E-state index contributed by atoms with van der Waals surface area (Å²) >= 11 is 4.36. The van der Waals surface area contributed by atoms with E-state index in [9.17, 15) is 24.6 Å². The number of nitrogens with zero attached hydrogens (tertiary/aromatic N) is 4. The smallest absolute Gasteiger partial charge is 0.259 e. The molecule has 13 heteroatoms. The van der Waals surface area contributed by atoms with Gasteiger partial charge in [0.05, 0.1) is 22.5 Å². The Hall–Kier alpha value is -6.85. The SMILES string of the molecule is O=C1c2cc(N=Nc3c(O)c(C(=O)Nc4ccc(I)cc4)cc4ccccc34)ccc2-c2ccc(N=Nc3c(O)c(C(=O)Nc4ccc(I)cc4)cc4ccccc34)cc21. The van der Waals surface area contributed by atoms with E-state index in [4.69, 9.17) is 0 Å². The van der Waals surface area contributed by atoms with Crippen LogP contribution in [0.2, 0.25) is 0 Å². The summed E-state index contributed by atoms with van der Waals surface area (Å²) < 4.78 is 2.03. The number of ketones is 1. The van der Waals surface area contributed by atoms with E-state index in [1.165, 1.54) is 0 Å². The fraction of sp³-hybridized carbons (Fsp3) is 0. The first-order chi connectivity index (χ1) is 29.1. The molecule has 9 rings (SSSR count). The molecule has 1 aliphatic carbocycles. The molecule has 0 radical (unpaired) electrons. The number of amides is 2. The molecule has 0 fully saturated rings. The molecule has 11 nitrogen and oxygen atoms in total. The molecule has 4 N–H and O–H groups in total. The minimum atomic E-state index is -0.504. The van der Waals surface area contributed by atoms with Crippen molar-refractivity contribution in [1.29, 1.82) is 0 Å². The summed E-state index contributed by atoms with van der Waals surface area (Å²) in [6.07, 6.45) is 0. The van der Waals surface area contributed by atoms with Crippen LogP contribution in [0, 0.1) is 7.14 Å². The highest BCUT2D eigenvalue weighted by molar-refractivity contribution is 14.1. The van der Waals surface area contributed by atoms with Crippen LogP contribution in [0.25, 0.3) is 32.7 Å². The largest absolute Gasteiger partial charge is 0.505 e. The van der Waals surface area contributed by atoms with Crippen LogP contribution in [0.3, 0.4) is 0 Å². The van der Waals surface area contributed by atoms with Gasteiger partial charge in [-0.25, -0.2) is 0 Å². The molecule has 2 amide bonds. The number of phenolic OH excluding ortho intramolecular Hbond substituents is 2. The fourth-order valence-corrected chi connectivity index (χ4v) is 7.76. The number of fused-ring (bicyclic) bond motifs is 5. The zero-order valence-electron chi connectivity index (χ0n) is 31.0. The summed E-state index contributed by atoms with van der Waals surface area (Å²) in [7, 11) is 0. The lowest BCUT2D eigenvalue weighted by molar-refractivity contribution is 0.101. The number of hydrogen-bond donors (Lipinski definition) is 4. The number of rotatable bonds is 8. The lowest BCUT2D eigenvalue weighted by Gasteiger charge is -2.11. The van der Waals surface area contributed by atoms with Crippen molar-refractivity contribution in [3.05, 3.63) is 175 Å². The van der Waals surface area contributed by atoms with Gasteiger partial charge in [-0.2, -0.15) is 10.2 Å². The Labute approximate surface area is 369 Å². The van der Waals surface area contributed by atoms with Crippen molar-refractivity contribution in [2.45, 2.75) is 0 Å². The molecule has 0 bridgehead atoms. The molecular formula is C47H28I2N6O5. The lowest BCUT2D eigenvalue weighted by atomic mass is 10.0. The van der Waals surface area contributed by atoms with Crippen LogP contribution in [0.4, 0.5) is 34.1 Å². The monoisotopic (exact) mass is 1010 g/mol. The van der Waals surface area contributed by atoms with Gasteiger partial charge in [0.25, 0.3) is 11.8 Å². The van der Waals surface area contributed by atoms with Crippen molar-refractivity contribution in [2.24, 2.45) is 20.5 Å². The first kappa shape index (κ1) is 38.7. The second kappa shape index (κ2) is 16.1. The number of carbonyl (C=O) groups is 3. The van der Waals surface area contributed by atoms with Gasteiger partial charge in [-0.15, -0.1) is 10.2 Å². The summed E-state index contributed by atoms with van der Waals surface area (Å²) in [5, 5.41) is 48.6. The molecule has 1 aliphatic rings. The molecule has 0 aromatic heterocycles. The van der Waals surface area contributed by atoms with Crippen LogP contribution in [0.1, 0.15) is 36.6 Å². The summed E-state index contributed by atoms with van der Waals surface area (Å²) in [5.74, 6) is -1.92. The van der Waals surface area contributed by atoms with E-state index in [-0.39, 0.29) is 39.8 Å². The number of nitrogens with one attached hydrogen (secondary N) is 2. The van der Waals surface area contributed by atoms with Crippen molar-refractivity contribution in [3.63, 3.8) is 0 Å². The molecule has 290 valence electrons. The first-order valence-corrected chi connectivity index (χ1v) is 20.6. The summed E-state index contributed by atoms with van der Waals surface area (Å²) in [6.45, 7) is 0. The Kier molecular flexibility index (Phi) is 10.4. The Balaban J connectivity index is 0.989. The van der Waals surface area contributed by atoms with E-state index < -0.39 is 11.8 Å². The van der Waals surface area contributed by atoms with Crippen molar-refractivity contribution in [3.8, 4) is 22.6 Å². The molecule has 8 aromatic carbocycles. The minimum absolute atomic E-state index is 0.0354. The fourth-order valence-electron chi connectivity index (χ4n) is 7.04. The first-order valence-electron chi connectivity index (χ1n) is 18.4. The normalized spacial score (nSPS) is 12.0. The molecular weight excluding hydrogens is 982 g/mol. The number of phenols is 2. The molecule has 0 heterocycles. The third kappa shape index (κ3) is 7.48. The highest BCUT2D eigenvalue weighted by Crippen LogP contribution is 2.44. The van der Waals surface area contributed by atoms with Crippen LogP contribution in [-0.2, 0) is 0 Å². The minimum Gasteiger partial charge on any atom is -0.505 e. The van der Waals surface area contributed by atoms with Gasteiger partial charge in [0.1, 0.15) is 11.4 Å². The third-order valence-corrected chi connectivity index (χ3v) is 11.4. The van der Waals surface area contributed by atoms with Crippen LogP contribution in [0.15, 0.2) is 166 Å². The standard InChI is InChI=1S/C47H28I2N6O5/c48-27-9-13-29(14-10-27)50-46(59)39-21-25-5-1-3-7-33(25)41(44(39)57)54-52-31-17-19-35-36-20-18-32(24-38(36)43(56)37(35)23-31)53-55-42-34-8-4-2-6-26(34)22-40(45(42)58)47(60)51-30-15-11-28(49)12-16-30/h1-24,57-58H,(H,50,59)(H,51,60). The van der Waals surface area contributed by atoms with E-state index in [2.05, 4.69) is 76.3 Å². The zero-order valence-corrected chi connectivity index (χ0v) is 35.3. The molecule has 0 saturated carbocycles. The van der Waals surface area contributed by atoms with Crippen molar-refractivity contribution < 1.29 is 24.6 Å². The van der Waals surface area contributed by atoms with Gasteiger partial charge in [-0.1, -0.05) is 60.7 Å². The molecule has 0 aliphatic heterocycles. The number of azo groups is 2. The predicted molar refractivity (Wildman–Crippen MR) is 249 cm³/mol. The van der Waals surface area contributed by atoms with E-state index in [0.717, 1.165) is 7.14 Å². The number of halogens is 2. The van der Waals surface area contributed by atoms with Gasteiger partial charge in [0.2, 0.25) is 0 Å². The summed E-state index contributed by atoms with van der Waals surface area (Å²) in [6, 6.07) is 42.6. The zero-order chi connectivity index (χ0) is 41.5. The average molecular weight is 1010 g/mol. The quantitative estimate of drug-likeness (QED) is 0.0877. The van der Waals surface area contributed by atoms with Gasteiger partial charge in [0.15, 0.2) is 17.3 Å². The lowest BCUT2D eigenvalue weighted by Crippen LogP contribution is -2.12. The van der Waals surface area contributed by atoms with Crippen LogP contribution in [0.5, 0.6) is 11.5 Å². The second-order valence-electron chi connectivity index (χ2n) is 13.8. The molecule has 0 unspecified atom stereocenters. The van der Waals surface area contributed by atoms with E-state index >= 15 is 0 Å². The number of benzene rings is 8. The maximum absolute atomic E-state index is 13.9. The van der Waals surface area contributed by atoms with E-state index in [0.29, 0.717) is 66.5 Å². The van der Waals surface area contributed by atoms with Crippen molar-refractivity contribution in [1.82, 2.24) is 0 Å². The Morgan fingerprint density at radius 2 is 0.867 bits per heavy atom. The van der Waals surface area contributed by atoms with Crippen molar-refractivity contribution >= 4 is 118 Å². The summed E-state index contributed by atoms with van der Waals surface area (Å²) in [5.41, 5.74) is 4.40. The predicted octanol–water partition coefficient (Wildman–Crippen LogP) is 13.2. The van der Waals surface area contributed by atoms with Crippen LogP contribution in [-0.4, -0.2) is 27.8 Å². The Bertz CT molecular complexity index is 2940. The Morgan fingerprint density at radius 1 is 0.467 bits per heavy atom. The third-order valence-electron chi connectivity index (χ3n) is 10.0. The maximum Gasteiger partial charge on any atom is 0.259 e. The average Bonchev–Trinajstić information content (AvgIpc) is 3.53. The van der Waals surface area contributed by atoms with Crippen LogP contribution >= 0.6 is 45.2 Å². The van der Waals surface area contributed by atoms with E-state index in [1.807, 2.05) is 48.5 Å². The number of hydrogen-bond acceptors (Lipinski definition) is 9. The molecule has 8 aromatic rings. The Morgan fingerprint density at radius 3 is 1.28 bits per heavy atom. The second-order valence-corrected chi connectivity index (χ2v) is 16.3. The van der Waals surface area contributed by atoms with Gasteiger partial charge >= 0.3 is 0 Å². The molecule has 0 saturated heterocycles. The molecule has 0 atom stereocenters. The summed E-state index contributed by atoms with van der Waals surface area (Å²) in [4.78, 5) is 40.6. The topological polar surface area (TPSA) is 165 Å². The number of anilines is 2. The van der Waals surface area contributed by atoms with Crippen molar-refractivity contribution in [2.75, 3.05) is 10.6 Å². The number of aromatic hydroxyl groups is 2. The van der Waals surface area contributed by atoms with Gasteiger partial charge in [-0.3, -0.25) is 14.4 Å². The maximum atomic E-state index is 13.9. The number of carbonyl (C=O) groups excluding carboxylic acids is 3. The molecule has 60 heavy (non-hydrogen) atoms. The van der Waals surface area contributed by atoms with Crippen LogP contribution < -0.4 is 10.6 Å². The molecule has 0 spiro atoms. The highest BCUT2D eigenvalue weighted by atomic mass is 127. The van der Waals surface area contributed by atoms with Gasteiger partial charge < -0.3 is 20.8 Å². The van der Waals surface area contributed by atoms with Gasteiger partial charge in [0, 0.05) is 40.4 Å². The van der Waals surface area contributed by atoms with Gasteiger partial charge in [-0.05, 0) is 152 Å². The highest BCUT2D eigenvalue weighted by Gasteiger charge is 2.28. The van der Waals surface area contributed by atoms with E-state index in [1.54, 1.807) is 97.1 Å².